The number of anilines is 1. The van der Waals surface area contributed by atoms with Crippen molar-refractivity contribution in [3.8, 4) is 0 Å². The molecule has 0 radical (unpaired) electrons. The summed E-state index contributed by atoms with van der Waals surface area (Å²) >= 11 is 3.99. The van der Waals surface area contributed by atoms with Gasteiger partial charge >= 0.3 is 0 Å². The van der Waals surface area contributed by atoms with Gasteiger partial charge in [-0.05, 0) is 59.3 Å². The number of nitrogens with two attached hydrogens (primary N) is 1. The van der Waals surface area contributed by atoms with Crippen LogP contribution >= 0.6 is 34.4 Å². The molecule has 2 aromatic rings. The molecule has 2 N–H and O–H groups in total. The van der Waals surface area contributed by atoms with Crippen molar-refractivity contribution in [2.75, 3.05) is 5.73 Å². The summed E-state index contributed by atoms with van der Waals surface area (Å²) in [5.41, 5.74) is 8.12. The van der Waals surface area contributed by atoms with Gasteiger partial charge in [0.1, 0.15) is 0 Å². The number of aryl methyl sites for hydroxylation is 1. The fraction of sp³-hybridized carbons (Fsp3) is 0.0769. The largest absolute Gasteiger partial charge is 0.398 e. The van der Waals surface area contributed by atoms with Crippen molar-refractivity contribution in [3.63, 3.8) is 0 Å². The molecule has 0 aliphatic carbocycles. The SMILES string of the molecule is Cc1ccccc1Sc1ccc(I)cc1N. The highest BCUT2D eigenvalue weighted by Gasteiger charge is 2.04. The summed E-state index contributed by atoms with van der Waals surface area (Å²) in [7, 11) is 0. The van der Waals surface area contributed by atoms with Crippen LogP contribution in [0.5, 0.6) is 0 Å². The summed E-state index contributed by atoms with van der Waals surface area (Å²) < 4.78 is 1.17. The predicted octanol–water partition coefficient (Wildman–Crippen LogP) is 4.33. The van der Waals surface area contributed by atoms with Gasteiger partial charge in [-0.25, -0.2) is 0 Å². The smallest absolute Gasteiger partial charge is 0.0466 e. The molecular formula is C13H12INS. The van der Waals surface area contributed by atoms with Crippen LogP contribution in [0.3, 0.4) is 0 Å². The fourth-order valence-electron chi connectivity index (χ4n) is 1.40. The zero-order valence-corrected chi connectivity index (χ0v) is 11.9. The van der Waals surface area contributed by atoms with E-state index in [2.05, 4.69) is 65.9 Å². The van der Waals surface area contributed by atoms with E-state index in [0.717, 1.165) is 10.6 Å². The fourth-order valence-corrected chi connectivity index (χ4v) is 2.84. The Morgan fingerprint density at radius 3 is 2.50 bits per heavy atom. The van der Waals surface area contributed by atoms with E-state index in [4.69, 9.17) is 5.73 Å². The van der Waals surface area contributed by atoms with Crippen LogP contribution in [0.15, 0.2) is 52.3 Å². The normalized spacial score (nSPS) is 10.4. The Bertz CT molecular complexity index is 511. The zero-order chi connectivity index (χ0) is 11.5. The summed E-state index contributed by atoms with van der Waals surface area (Å²) in [4.78, 5) is 2.38. The van der Waals surface area contributed by atoms with Gasteiger partial charge in [-0.2, -0.15) is 0 Å². The molecule has 82 valence electrons. The van der Waals surface area contributed by atoms with Crippen molar-refractivity contribution in [1.29, 1.82) is 0 Å². The molecule has 3 heteroatoms. The van der Waals surface area contributed by atoms with Crippen LogP contribution in [0.4, 0.5) is 5.69 Å². The van der Waals surface area contributed by atoms with Crippen LogP contribution in [-0.4, -0.2) is 0 Å². The van der Waals surface area contributed by atoms with E-state index < -0.39 is 0 Å². The third-order valence-corrected chi connectivity index (χ3v) is 4.23. The van der Waals surface area contributed by atoms with Crippen molar-refractivity contribution in [2.45, 2.75) is 16.7 Å². The topological polar surface area (TPSA) is 26.0 Å². The Morgan fingerprint density at radius 1 is 1.06 bits per heavy atom. The van der Waals surface area contributed by atoms with Gasteiger partial charge in [0.2, 0.25) is 0 Å². The average molecular weight is 341 g/mol. The second kappa shape index (κ2) is 5.10. The van der Waals surface area contributed by atoms with Crippen LogP contribution < -0.4 is 5.73 Å². The summed E-state index contributed by atoms with van der Waals surface area (Å²) in [5.74, 6) is 0. The van der Waals surface area contributed by atoms with E-state index in [0.29, 0.717) is 0 Å². The molecule has 0 heterocycles. The molecule has 0 aliphatic heterocycles. The Morgan fingerprint density at radius 2 is 1.81 bits per heavy atom. The molecular weight excluding hydrogens is 329 g/mol. The molecule has 16 heavy (non-hydrogen) atoms. The van der Waals surface area contributed by atoms with E-state index in [1.54, 1.807) is 11.8 Å². The minimum Gasteiger partial charge on any atom is -0.398 e. The Kier molecular flexibility index (Phi) is 3.76. The van der Waals surface area contributed by atoms with Crippen molar-refractivity contribution in [2.24, 2.45) is 0 Å². The minimum absolute atomic E-state index is 0.847. The maximum absolute atomic E-state index is 5.99. The molecule has 0 atom stereocenters. The molecule has 2 aromatic carbocycles. The van der Waals surface area contributed by atoms with Gasteiger partial charge in [0.25, 0.3) is 0 Å². The van der Waals surface area contributed by atoms with Gasteiger partial charge in [0, 0.05) is 19.0 Å². The van der Waals surface area contributed by atoms with Crippen LogP contribution in [0, 0.1) is 10.5 Å². The van der Waals surface area contributed by atoms with Crippen molar-refractivity contribution in [3.05, 3.63) is 51.6 Å². The molecule has 0 amide bonds. The first-order valence-electron chi connectivity index (χ1n) is 4.95. The van der Waals surface area contributed by atoms with E-state index in [1.165, 1.54) is 14.0 Å². The van der Waals surface area contributed by atoms with E-state index in [9.17, 15) is 0 Å². The first-order valence-corrected chi connectivity index (χ1v) is 6.85. The monoisotopic (exact) mass is 341 g/mol. The number of benzene rings is 2. The lowest BCUT2D eigenvalue weighted by Gasteiger charge is -2.07. The molecule has 0 bridgehead atoms. The van der Waals surface area contributed by atoms with Gasteiger partial charge < -0.3 is 5.73 Å². The average Bonchev–Trinajstić information content (AvgIpc) is 2.25. The lowest BCUT2D eigenvalue weighted by molar-refractivity contribution is 1.29. The van der Waals surface area contributed by atoms with Crippen molar-refractivity contribution < 1.29 is 0 Å². The van der Waals surface area contributed by atoms with Gasteiger partial charge in [-0.3, -0.25) is 0 Å². The maximum atomic E-state index is 5.99. The lowest BCUT2D eigenvalue weighted by Crippen LogP contribution is -1.89. The molecule has 2 rings (SSSR count). The molecule has 1 nitrogen and oxygen atoms in total. The Labute approximate surface area is 114 Å². The Balaban J connectivity index is 2.31. The van der Waals surface area contributed by atoms with E-state index in [1.807, 2.05) is 6.07 Å². The summed E-state index contributed by atoms with van der Waals surface area (Å²) in [6.45, 7) is 2.12. The molecule has 0 fully saturated rings. The number of halogens is 1. The van der Waals surface area contributed by atoms with Gasteiger partial charge in [0.15, 0.2) is 0 Å². The third-order valence-electron chi connectivity index (χ3n) is 2.29. The highest BCUT2D eigenvalue weighted by atomic mass is 127. The van der Waals surface area contributed by atoms with Crippen LogP contribution in [-0.2, 0) is 0 Å². The quantitative estimate of drug-likeness (QED) is 0.650. The summed E-state index contributed by atoms with van der Waals surface area (Å²) in [6, 6.07) is 14.5. The number of nitrogen functional groups attached to an aromatic ring is 1. The van der Waals surface area contributed by atoms with Crippen LogP contribution in [0.2, 0.25) is 0 Å². The molecule has 0 spiro atoms. The third kappa shape index (κ3) is 2.71. The lowest BCUT2D eigenvalue weighted by atomic mass is 10.2. The highest BCUT2D eigenvalue weighted by molar-refractivity contribution is 14.1. The van der Waals surface area contributed by atoms with Gasteiger partial charge in [0.05, 0.1) is 0 Å². The number of rotatable bonds is 2. The van der Waals surface area contributed by atoms with Gasteiger partial charge in [-0.1, -0.05) is 30.0 Å². The zero-order valence-electron chi connectivity index (χ0n) is 8.91. The number of hydrogen-bond acceptors (Lipinski definition) is 2. The maximum Gasteiger partial charge on any atom is 0.0466 e. The molecule has 0 unspecified atom stereocenters. The van der Waals surface area contributed by atoms with Crippen molar-refractivity contribution in [1.82, 2.24) is 0 Å². The van der Waals surface area contributed by atoms with E-state index in [-0.39, 0.29) is 0 Å². The highest BCUT2D eigenvalue weighted by Crippen LogP contribution is 2.34. The minimum atomic E-state index is 0.847. The molecule has 0 saturated carbocycles. The molecule has 0 saturated heterocycles. The second-order valence-electron chi connectivity index (χ2n) is 3.55. The van der Waals surface area contributed by atoms with Crippen LogP contribution in [0.25, 0.3) is 0 Å². The molecule has 0 aromatic heterocycles. The van der Waals surface area contributed by atoms with E-state index >= 15 is 0 Å². The first kappa shape index (κ1) is 11.8. The summed E-state index contributed by atoms with van der Waals surface area (Å²) in [5, 5.41) is 0. The summed E-state index contributed by atoms with van der Waals surface area (Å²) in [6.07, 6.45) is 0. The standard InChI is InChI=1S/C13H12INS/c1-9-4-2-3-5-12(9)16-13-7-6-10(14)8-11(13)15/h2-8H,15H2,1H3. The first-order chi connectivity index (χ1) is 7.66. The molecule has 0 aliphatic rings. The Hall–Kier alpha value is -0.680. The predicted molar refractivity (Wildman–Crippen MR) is 78.9 cm³/mol. The van der Waals surface area contributed by atoms with Gasteiger partial charge in [-0.15, -0.1) is 0 Å². The number of hydrogen-bond donors (Lipinski definition) is 1. The second-order valence-corrected chi connectivity index (χ2v) is 5.88. The van der Waals surface area contributed by atoms with Crippen LogP contribution in [0.1, 0.15) is 5.56 Å². The van der Waals surface area contributed by atoms with Crippen molar-refractivity contribution >= 4 is 40.0 Å².